The zero-order chi connectivity index (χ0) is 14.1. The minimum Gasteiger partial charge on any atom is -0.346 e. The Labute approximate surface area is 111 Å². The molecule has 0 aliphatic rings. The standard InChI is InChI=1S/C10H18ClN3O4/c1-6(2)3-7(10(17)18-11)14-9(16)5-13-8(15)4-12/h6-7H,3-5,12H2,1-2H3,(H,13,15)(H,14,16)/t7-/m0/s1. The molecule has 0 saturated heterocycles. The maximum absolute atomic E-state index is 11.5. The summed E-state index contributed by atoms with van der Waals surface area (Å²) in [6.45, 7) is 3.32. The van der Waals surface area contributed by atoms with Gasteiger partial charge in [-0.25, -0.2) is 4.79 Å². The van der Waals surface area contributed by atoms with Gasteiger partial charge in [0.2, 0.25) is 11.8 Å². The summed E-state index contributed by atoms with van der Waals surface area (Å²) in [7, 11) is 0. The summed E-state index contributed by atoms with van der Waals surface area (Å²) in [6.07, 6.45) is 0.391. The first-order valence-corrected chi connectivity index (χ1v) is 5.80. The molecule has 2 amide bonds. The number of amides is 2. The number of nitrogens with two attached hydrogens (primary N) is 1. The van der Waals surface area contributed by atoms with Crippen molar-refractivity contribution < 1.29 is 18.7 Å². The van der Waals surface area contributed by atoms with E-state index in [1.807, 2.05) is 13.8 Å². The van der Waals surface area contributed by atoms with Crippen LogP contribution < -0.4 is 16.4 Å². The average molecular weight is 280 g/mol. The van der Waals surface area contributed by atoms with Crippen LogP contribution in [0.3, 0.4) is 0 Å². The molecule has 4 N–H and O–H groups in total. The lowest BCUT2D eigenvalue weighted by Crippen LogP contribution is -2.47. The third-order valence-corrected chi connectivity index (χ3v) is 2.19. The van der Waals surface area contributed by atoms with Crippen LogP contribution in [-0.4, -0.2) is 36.9 Å². The molecule has 0 unspecified atom stereocenters. The van der Waals surface area contributed by atoms with Gasteiger partial charge in [-0.15, -0.1) is 0 Å². The number of hydrogen-bond donors (Lipinski definition) is 3. The average Bonchev–Trinajstić information content (AvgIpc) is 2.33. The highest BCUT2D eigenvalue weighted by molar-refractivity contribution is 6.14. The number of nitrogens with one attached hydrogen (secondary N) is 2. The third-order valence-electron chi connectivity index (χ3n) is 2.03. The summed E-state index contributed by atoms with van der Waals surface area (Å²) in [5, 5.41) is 4.71. The van der Waals surface area contributed by atoms with Crippen LogP contribution in [0.4, 0.5) is 0 Å². The van der Waals surface area contributed by atoms with E-state index in [0.717, 1.165) is 0 Å². The summed E-state index contributed by atoms with van der Waals surface area (Å²) in [5.41, 5.74) is 5.06. The Bertz CT molecular complexity index is 309. The number of hydrogen-bond acceptors (Lipinski definition) is 5. The van der Waals surface area contributed by atoms with Crippen molar-refractivity contribution in [1.82, 2.24) is 10.6 Å². The fourth-order valence-corrected chi connectivity index (χ4v) is 1.34. The van der Waals surface area contributed by atoms with Crippen LogP contribution in [0, 0.1) is 5.92 Å². The Morgan fingerprint density at radius 3 is 2.33 bits per heavy atom. The Morgan fingerprint density at radius 2 is 1.89 bits per heavy atom. The van der Waals surface area contributed by atoms with Gasteiger partial charge in [0.05, 0.1) is 13.1 Å². The zero-order valence-corrected chi connectivity index (χ0v) is 11.1. The van der Waals surface area contributed by atoms with E-state index < -0.39 is 23.8 Å². The Morgan fingerprint density at radius 1 is 1.28 bits per heavy atom. The van der Waals surface area contributed by atoms with E-state index in [2.05, 4.69) is 14.9 Å². The molecule has 8 heteroatoms. The van der Waals surface area contributed by atoms with Gasteiger partial charge in [-0.3, -0.25) is 9.59 Å². The van der Waals surface area contributed by atoms with Crippen molar-refractivity contribution in [2.75, 3.05) is 13.1 Å². The Hall–Kier alpha value is -1.34. The summed E-state index contributed by atoms with van der Waals surface area (Å²) in [6, 6.07) is -0.829. The molecule has 0 bridgehead atoms. The summed E-state index contributed by atoms with van der Waals surface area (Å²) in [5.74, 6) is -1.52. The lowest BCUT2D eigenvalue weighted by atomic mass is 10.0. The minimum absolute atomic E-state index is 0.171. The number of carbonyl (C=O) groups excluding carboxylic acids is 3. The van der Waals surface area contributed by atoms with Gasteiger partial charge in [0.15, 0.2) is 0 Å². The van der Waals surface area contributed by atoms with Crippen molar-refractivity contribution in [3.05, 3.63) is 0 Å². The molecule has 0 fully saturated rings. The van der Waals surface area contributed by atoms with Crippen LogP contribution in [-0.2, 0) is 18.7 Å². The van der Waals surface area contributed by atoms with Crippen molar-refractivity contribution in [2.45, 2.75) is 26.3 Å². The van der Waals surface area contributed by atoms with Crippen molar-refractivity contribution in [2.24, 2.45) is 11.7 Å². The van der Waals surface area contributed by atoms with Gasteiger partial charge in [0, 0.05) is 0 Å². The second-order valence-electron chi connectivity index (χ2n) is 4.13. The molecule has 7 nitrogen and oxygen atoms in total. The molecule has 18 heavy (non-hydrogen) atoms. The second kappa shape index (κ2) is 8.71. The van der Waals surface area contributed by atoms with Gasteiger partial charge < -0.3 is 20.7 Å². The SMILES string of the molecule is CC(C)C[C@H](NC(=O)CNC(=O)CN)C(=O)OCl. The lowest BCUT2D eigenvalue weighted by Gasteiger charge is -2.17. The number of carbonyl (C=O) groups is 3. The highest BCUT2D eigenvalue weighted by Crippen LogP contribution is 2.07. The van der Waals surface area contributed by atoms with Crippen LogP contribution in [0.1, 0.15) is 20.3 Å². The van der Waals surface area contributed by atoms with E-state index in [9.17, 15) is 14.4 Å². The summed E-state index contributed by atoms with van der Waals surface area (Å²) in [4.78, 5) is 33.6. The summed E-state index contributed by atoms with van der Waals surface area (Å²) >= 11 is 4.98. The van der Waals surface area contributed by atoms with Gasteiger partial charge in [0.1, 0.15) is 17.9 Å². The molecule has 0 aliphatic heterocycles. The topological polar surface area (TPSA) is 111 Å². The van der Waals surface area contributed by atoms with Gasteiger partial charge in [-0.1, -0.05) is 13.8 Å². The van der Waals surface area contributed by atoms with E-state index in [4.69, 9.17) is 17.6 Å². The smallest absolute Gasteiger partial charge is 0.346 e. The van der Waals surface area contributed by atoms with E-state index in [1.165, 1.54) is 0 Å². The molecule has 1 atom stereocenters. The lowest BCUT2D eigenvalue weighted by molar-refractivity contribution is -0.139. The van der Waals surface area contributed by atoms with Gasteiger partial charge in [-0.2, -0.15) is 0 Å². The van der Waals surface area contributed by atoms with Crippen molar-refractivity contribution >= 4 is 29.6 Å². The predicted molar refractivity (Wildman–Crippen MR) is 65.4 cm³/mol. The highest BCUT2D eigenvalue weighted by atomic mass is 35.5. The molecule has 0 saturated carbocycles. The van der Waals surface area contributed by atoms with Crippen molar-refractivity contribution in [3.8, 4) is 0 Å². The molecule has 0 aromatic carbocycles. The molecule has 0 spiro atoms. The highest BCUT2D eigenvalue weighted by Gasteiger charge is 2.23. The van der Waals surface area contributed by atoms with Crippen LogP contribution in [0.15, 0.2) is 0 Å². The molecule has 0 aromatic heterocycles. The largest absolute Gasteiger partial charge is 0.346 e. The fourth-order valence-electron chi connectivity index (χ4n) is 1.24. The zero-order valence-electron chi connectivity index (χ0n) is 10.4. The van der Waals surface area contributed by atoms with Crippen LogP contribution in [0.25, 0.3) is 0 Å². The molecule has 0 aromatic rings. The molecular formula is C10H18ClN3O4. The van der Waals surface area contributed by atoms with Crippen molar-refractivity contribution in [1.29, 1.82) is 0 Å². The van der Waals surface area contributed by atoms with Gasteiger partial charge >= 0.3 is 5.97 Å². The van der Waals surface area contributed by atoms with Crippen molar-refractivity contribution in [3.63, 3.8) is 0 Å². The van der Waals surface area contributed by atoms with Gasteiger partial charge in [-0.05, 0) is 12.3 Å². The second-order valence-corrected chi connectivity index (χ2v) is 4.28. The Kier molecular flexibility index (Phi) is 8.06. The van der Waals surface area contributed by atoms with E-state index in [1.54, 1.807) is 0 Å². The quantitative estimate of drug-likeness (QED) is 0.570. The summed E-state index contributed by atoms with van der Waals surface area (Å²) < 4.78 is 4.07. The first-order chi connectivity index (χ1) is 8.40. The van der Waals surface area contributed by atoms with E-state index >= 15 is 0 Å². The molecule has 0 rings (SSSR count). The first kappa shape index (κ1) is 16.7. The number of halogens is 1. The van der Waals surface area contributed by atoms with E-state index in [-0.39, 0.29) is 19.0 Å². The monoisotopic (exact) mass is 279 g/mol. The van der Waals surface area contributed by atoms with E-state index in [0.29, 0.717) is 6.42 Å². The first-order valence-electron chi connectivity index (χ1n) is 5.49. The molecule has 0 aliphatic carbocycles. The predicted octanol–water partition coefficient (Wildman–Crippen LogP) is -0.711. The maximum atomic E-state index is 11.5. The normalized spacial score (nSPS) is 11.8. The number of rotatable bonds is 7. The minimum atomic E-state index is -0.829. The molecule has 0 heterocycles. The molecular weight excluding hydrogens is 262 g/mol. The van der Waals surface area contributed by atoms with Gasteiger partial charge in [0.25, 0.3) is 0 Å². The van der Waals surface area contributed by atoms with Crippen LogP contribution >= 0.6 is 11.9 Å². The molecule has 104 valence electrons. The third kappa shape index (κ3) is 7.08. The van der Waals surface area contributed by atoms with Crippen LogP contribution in [0.2, 0.25) is 0 Å². The maximum Gasteiger partial charge on any atom is 0.346 e. The molecule has 0 radical (unpaired) electrons. The van der Waals surface area contributed by atoms with Crippen LogP contribution in [0.5, 0.6) is 0 Å². The fraction of sp³-hybridized carbons (Fsp3) is 0.700. The Balaban J connectivity index is 4.26.